The molecule has 0 unspecified atom stereocenters. The molecule has 0 aliphatic heterocycles. The molecule has 4 aromatic carbocycles. The minimum absolute atomic E-state index is 0.00217. The van der Waals surface area contributed by atoms with Gasteiger partial charge in [0, 0.05) is 24.5 Å². The van der Waals surface area contributed by atoms with Gasteiger partial charge in [-0.2, -0.15) is 0 Å². The summed E-state index contributed by atoms with van der Waals surface area (Å²) >= 11 is 6.04. The van der Waals surface area contributed by atoms with Crippen molar-refractivity contribution in [2.24, 2.45) is 0 Å². The molecule has 0 bridgehead atoms. The fraction of sp³-hybridized carbons (Fsp3) is 0.235. The first kappa shape index (κ1) is 31.8. The van der Waals surface area contributed by atoms with Gasteiger partial charge < -0.3 is 10.2 Å². The molecule has 0 saturated carbocycles. The highest BCUT2D eigenvalue weighted by Gasteiger charge is 2.34. The molecule has 1 N–H and O–H groups in total. The predicted molar refractivity (Wildman–Crippen MR) is 171 cm³/mol. The van der Waals surface area contributed by atoms with Crippen molar-refractivity contribution in [3.05, 3.63) is 131 Å². The first-order valence-corrected chi connectivity index (χ1v) is 16.0. The second kappa shape index (κ2) is 14.8. The van der Waals surface area contributed by atoms with E-state index in [2.05, 4.69) is 5.32 Å². The van der Waals surface area contributed by atoms with Gasteiger partial charge in [-0.05, 0) is 66.4 Å². The molecule has 224 valence electrons. The first-order chi connectivity index (χ1) is 20.7. The van der Waals surface area contributed by atoms with Gasteiger partial charge in [0.25, 0.3) is 10.0 Å². The summed E-state index contributed by atoms with van der Waals surface area (Å²) in [5, 5.41) is 3.35. The number of nitrogens with one attached hydrogen (secondary N) is 1. The molecule has 0 spiro atoms. The molecule has 0 aliphatic rings. The minimum atomic E-state index is -4.18. The van der Waals surface area contributed by atoms with Crippen molar-refractivity contribution in [2.45, 2.75) is 44.2 Å². The number of anilines is 1. The highest BCUT2D eigenvalue weighted by atomic mass is 35.5. The van der Waals surface area contributed by atoms with E-state index in [9.17, 15) is 18.0 Å². The highest BCUT2D eigenvalue weighted by Crippen LogP contribution is 2.26. The Morgan fingerprint density at radius 2 is 1.47 bits per heavy atom. The summed E-state index contributed by atoms with van der Waals surface area (Å²) in [7, 11) is -4.18. The smallest absolute Gasteiger partial charge is 0.264 e. The van der Waals surface area contributed by atoms with Crippen LogP contribution in [0.25, 0.3) is 0 Å². The highest BCUT2D eigenvalue weighted by molar-refractivity contribution is 7.92. The Balaban J connectivity index is 1.78. The summed E-state index contributed by atoms with van der Waals surface area (Å²) in [6.07, 6.45) is 1.00. The Morgan fingerprint density at radius 3 is 2.07 bits per heavy atom. The number of carbonyl (C=O) groups excluding carboxylic acids is 2. The van der Waals surface area contributed by atoms with E-state index in [1.54, 1.807) is 18.2 Å². The zero-order valence-corrected chi connectivity index (χ0v) is 25.9. The maximum absolute atomic E-state index is 14.4. The number of rotatable bonds is 13. The molecule has 7 nitrogen and oxygen atoms in total. The molecular weight excluding hydrogens is 582 g/mol. The lowest BCUT2D eigenvalue weighted by atomic mass is 10.0. The van der Waals surface area contributed by atoms with E-state index in [1.165, 1.54) is 29.2 Å². The van der Waals surface area contributed by atoms with Crippen LogP contribution >= 0.6 is 11.6 Å². The quantitative estimate of drug-likeness (QED) is 0.199. The van der Waals surface area contributed by atoms with Crippen molar-refractivity contribution in [1.29, 1.82) is 0 Å². The van der Waals surface area contributed by atoms with Crippen molar-refractivity contribution in [3.63, 3.8) is 0 Å². The van der Waals surface area contributed by atoms with Gasteiger partial charge in [0.05, 0.1) is 10.6 Å². The van der Waals surface area contributed by atoms with Crippen LogP contribution in [0.4, 0.5) is 5.69 Å². The number of halogens is 1. The van der Waals surface area contributed by atoms with Gasteiger partial charge in [-0.3, -0.25) is 13.9 Å². The summed E-state index contributed by atoms with van der Waals surface area (Å²) < 4.78 is 29.2. The van der Waals surface area contributed by atoms with Crippen LogP contribution < -0.4 is 9.62 Å². The molecule has 2 amide bonds. The number of hydrogen-bond donors (Lipinski definition) is 1. The molecule has 1 atom stereocenters. The van der Waals surface area contributed by atoms with Crippen LogP contribution in [0, 0.1) is 6.92 Å². The normalized spacial score (nSPS) is 11.9. The first-order valence-electron chi connectivity index (χ1n) is 14.2. The summed E-state index contributed by atoms with van der Waals surface area (Å²) in [5.74, 6) is -0.798. The minimum Gasteiger partial charge on any atom is -0.354 e. The fourth-order valence-corrected chi connectivity index (χ4v) is 6.28. The Hall–Kier alpha value is -4.14. The van der Waals surface area contributed by atoms with Gasteiger partial charge >= 0.3 is 0 Å². The fourth-order valence-electron chi connectivity index (χ4n) is 4.75. The molecule has 9 heteroatoms. The maximum Gasteiger partial charge on any atom is 0.264 e. The third-order valence-electron chi connectivity index (χ3n) is 6.99. The second-order valence-corrected chi connectivity index (χ2v) is 12.6. The Morgan fingerprint density at radius 1 is 0.837 bits per heavy atom. The summed E-state index contributed by atoms with van der Waals surface area (Å²) in [6.45, 7) is 3.89. The van der Waals surface area contributed by atoms with Crippen molar-refractivity contribution in [1.82, 2.24) is 10.2 Å². The SMILES string of the molecule is CCCNC(=O)[C@H](Cc1ccccc1)N(Cc1ccccc1)C(=O)CN(c1cccc(C)c1)S(=O)(=O)c1ccc(Cl)cc1. The Labute approximate surface area is 259 Å². The van der Waals surface area contributed by atoms with Gasteiger partial charge in [-0.25, -0.2) is 8.42 Å². The van der Waals surface area contributed by atoms with Crippen molar-refractivity contribution >= 4 is 39.1 Å². The maximum atomic E-state index is 14.4. The number of hydrogen-bond acceptors (Lipinski definition) is 4. The molecule has 0 aromatic heterocycles. The molecule has 0 radical (unpaired) electrons. The van der Waals surface area contributed by atoms with Gasteiger partial charge in [0.1, 0.15) is 12.6 Å². The number of benzene rings is 4. The van der Waals surface area contributed by atoms with Crippen LogP contribution in [0.5, 0.6) is 0 Å². The van der Waals surface area contributed by atoms with E-state index in [-0.39, 0.29) is 23.8 Å². The predicted octanol–water partition coefficient (Wildman–Crippen LogP) is 6.01. The second-order valence-electron chi connectivity index (χ2n) is 10.3. The van der Waals surface area contributed by atoms with Crippen molar-refractivity contribution < 1.29 is 18.0 Å². The summed E-state index contributed by atoms with van der Waals surface area (Å²) in [6, 6.07) is 30.8. The monoisotopic (exact) mass is 617 g/mol. The van der Waals surface area contributed by atoms with Gasteiger partial charge in [0.2, 0.25) is 11.8 Å². The molecule has 0 fully saturated rings. The number of carbonyl (C=O) groups is 2. The van der Waals surface area contributed by atoms with Gasteiger partial charge in [0.15, 0.2) is 0 Å². The van der Waals surface area contributed by atoms with E-state index < -0.39 is 28.5 Å². The number of aryl methyl sites for hydroxylation is 1. The largest absolute Gasteiger partial charge is 0.354 e. The zero-order valence-electron chi connectivity index (χ0n) is 24.3. The van der Waals surface area contributed by atoms with E-state index >= 15 is 0 Å². The lowest BCUT2D eigenvalue weighted by molar-refractivity contribution is -0.140. The number of amides is 2. The molecular formula is C34H36ClN3O4S. The van der Waals surface area contributed by atoms with Crippen LogP contribution in [0.3, 0.4) is 0 Å². The van der Waals surface area contributed by atoms with Gasteiger partial charge in [-0.15, -0.1) is 0 Å². The Bertz CT molecular complexity index is 1610. The summed E-state index contributed by atoms with van der Waals surface area (Å²) in [5.41, 5.74) is 2.88. The average Bonchev–Trinajstić information content (AvgIpc) is 3.01. The van der Waals surface area contributed by atoms with E-state index in [4.69, 9.17) is 11.6 Å². The zero-order chi connectivity index (χ0) is 30.8. The van der Waals surface area contributed by atoms with Crippen LogP contribution in [-0.2, 0) is 32.6 Å². The van der Waals surface area contributed by atoms with E-state index in [0.717, 1.165) is 27.4 Å². The van der Waals surface area contributed by atoms with Crippen LogP contribution in [0.2, 0.25) is 5.02 Å². The molecule has 4 rings (SSSR count). The topological polar surface area (TPSA) is 86.8 Å². The van der Waals surface area contributed by atoms with Crippen molar-refractivity contribution in [3.8, 4) is 0 Å². The standard InChI is InChI=1S/C34H36ClN3O4S/c1-3-21-36-34(40)32(23-27-12-6-4-7-13-27)37(24-28-14-8-5-9-15-28)33(39)25-38(30-16-10-11-26(2)22-30)43(41,42)31-19-17-29(35)18-20-31/h4-20,22,32H,3,21,23-25H2,1-2H3,(H,36,40)/t32-/m0/s1. The lowest BCUT2D eigenvalue weighted by Gasteiger charge is -2.34. The molecule has 0 aliphatic carbocycles. The molecule has 0 heterocycles. The van der Waals surface area contributed by atoms with Crippen LogP contribution in [0.15, 0.2) is 114 Å². The van der Waals surface area contributed by atoms with Crippen LogP contribution in [-0.4, -0.2) is 44.3 Å². The van der Waals surface area contributed by atoms with E-state index in [1.807, 2.05) is 80.6 Å². The van der Waals surface area contributed by atoms with Gasteiger partial charge in [-0.1, -0.05) is 91.3 Å². The molecule has 43 heavy (non-hydrogen) atoms. The third-order valence-corrected chi connectivity index (χ3v) is 9.03. The Kier molecular flexibility index (Phi) is 11.0. The average molecular weight is 618 g/mol. The number of sulfonamides is 1. The third kappa shape index (κ3) is 8.46. The lowest BCUT2D eigenvalue weighted by Crippen LogP contribution is -2.53. The van der Waals surface area contributed by atoms with Crippen molar-refractivity contribution in [2.75, 3.05) is 17.4 Å². The number of nitrogens with zero attached hydrogens (tertiary/aromatic N) is 2. The van der Waals surface area contributed by atoms with E-state index in [0.29, 0.717) is 17.3 Å². The molecule has 0 saturated heterocycles. The molecule has 4 aromatic rings. The summed E-state index contributed by atoms with van der Waals surface area (Å²) in [4.78, 5) is 29.5. The van der Waals surface area contributed by atoms with Crippen LogP contribution in [0.1, 0.15) is 30.0 Å².